The molecule has 0 spiro atoms. The summed E-state index contributed by atoms with van der Waals surface area (Å²) >= 11 is 12.1. The summed E-state index contributed by atoms with van der Waals surface area (Å²) in [5, 5.41) is 20.5. The van der Waals surface area contributed by atoms with E-state index in [-0.39, 0.29) is 11.6 Å². The van der Waals surface area contributed by atoms with E-state index in [1.54, 1.807) is 24.3 Å². The molecular formula is C23H16Cl2N2O3. The van der Waals surface area contributed by atoms with Gasteiger partial charge in [-0.05, 0) is 35.9 Å². The van der Waals surface area contributed by atoms with Gasteiger partial charge in [0.15, 0.2) is 0 Å². The summed E-state index contributed by atoms with van der Waals surface area (Å²) in [5.41, 5.74) is 8.69. The number of ether oxygens (including phenoxy) is 2. The van der Waals surface area contributed by atoms with Crippen LogP contribution in [0.2, 0.25) is 10.0 Å². The molecule has 3 aromatic rings. The maximum Gasteiger partial charge on any atom is 0.205 e. The summed E-state index contributed by atoms with van der Waals surface area (Å²) in [4.78, 5) is 0. The number of fused-ring (bicyclic) bond motifs is 1. The Labute approximate surface area is 183 Å². The van der Waals surface area contributed by atoms with Crippen molar-refractivity contribution in [3.05, 3.63) is 98.9 Å². The van der Waals surface area contributed by atoms with Crippen molar-refractivity contribution in [1.82, 2.24) is 0 Å². The fourth-order valence-corrected chi connectivity index (χ4v) is 3.81. The van der Waals surface area contributed by atoms with Crippen molar-refractivity contribution in [2.24, 2.45) is 5.73 Å². The molecule has 0 saturated carbocycles. The number of phenols is 1. The zero-order valence-electron chi connectivity index (χ0n) is 15.6. The molecule has 0 aliphatic carbocycles. The predicted molar refractivity (Wildman–Crippen MR) is 115 cm³/mol. The van der Waals surface area contributed by atoms with Crippen molar-refractivity contribution in [2.75, 3.05) is 0 Å². The van der Waals surface area contributed by atoms with Crippen molar-refractivity contribution in [3.8, 4) is 23.3 Å². The van der Waals surface area contributed by atoms with Crippen molar-refractivity contribution >= 4 is 23.2 Å². The third-order valence-corrected chi connectivity index (χ3v) is 5.41. The van der Waals surface area contributed by atoms with Crippen molar-refractivity contribution in [1.29, 1.82) is 5.26 Å². The molecule has 0 saturated heterocycles. The van der Waals surface area contributed by atoms with Gasteiger partial charge in [-0.2, -0.15) is 5.26 Å². The van der Waals surface area contributed by atoms with Crippen LogP contribution in [0.4, 0.5) is 0 Å². The largest absolute Gasteiger partial charge is 0.508 e. The third kappa shape index (κ3) is 3.88. The first-order valence-electron chi connectivity index (χ1n) is 9.03. The molecule has 3 N–H and O–H groups in total. The lowest BCUT2D eigenvalue weighted by molar-refractivity contribution is 0.306. The normalized spacial score (nSPS) is 15.2. The van der Waals surface area contributed by atoms with Gasteiger partial charge < -0.3 is 20.3 Å². The standard InChI is InChI=1S/C23H16Cl2N2O3/c24-15-4-1-14(20(25)9-15)12-29-17-6-2-13(3-7-17)22-18-8-5-16(28)10-21(18)30-23(27)19(22)11-26/h1-10,22,28H,12,27H2/t22-/m0/s1. The summed E-state index contributed by atoms with van der Waals surface area (Å²) < 4.78 is 11.4. The van der Waals surface area contributed by atoms with Gasteiger partial charge in [0.05, 0.1) is 5.92 Å². The Hall–Kier alpha value is -3.33. The molecule has 7 heteroatoms. The number of phenolic OH excluding ortho intramolecular Hbond substituents is 1. The van der Waals surface area contributed by atoms with E-state index in [9.17, 15) is 10.4 Å². The predicted octanol–water partition coefficient (Wildman–Crippen LogP) is 5.50. The zero-order valence-corrected chi connectivity index (χ0v) is 17.1. The highest BCUT2D eigenvalue weighted by Crippen LogP contribution is 2.43. The van der Waals surface area contributed by atoms with Gasteiger partial charge in [0.1, 0.15) is 35.5 Å². The Morgan fingerprint density at radius 2 is 1.83 bits per heavy atom. The highest BCUT2D eigenvalue weighted by Gasteiger charge is 2.30. The molecule has 0 bridgehead atoms. The van der Waals surface area contributed by atoms with Gasteiger partial charge in [0.25, 0.3) is 0 Å². The van der Waals surface area contributed by atoms with Crippen molar-refractivity contribution in [2.45, 2.75) is 12.5 Å². The molecule has 1 aliphatic heterocycles. The van der Waals surface area contributed by atoms with Crippen LogP contribution in [0.15, 0.2) is 72.1 Å². The Morgan fingerprint density at radius 1 is 1.07 bits per heavy atom. The van der Waals surface area contributed by atoms with Gasteiger partial charge in [-0.15, -0.1) is 0 Å². The lowest BCUT2D eigenvalue weighted by Crippen LogP contribution is -2.20. The Bertz CT molecular complexity index is 1180. The van der Waals surface area contributed by atoms with Crippen molar-refractivity contribution < 1.29 is 14.6 Å². The second kappa shape index (κ2) is 8.19. The Balaban J connectivity index is 1.60. The summed E-state index contributed by atoms with van der Waals surface area (Å²) in [7, 11) is 0. The molecule has 0 aromatic heterocycles. The average Bonchev–Trinajstić information content (AvgIpc) is 2.72. The van der Waals surface area contributed by atoms with Crippen LogP contribution in [0, 0.1) is 11.3 Å². The van der Waals surface area contributed by atoms with Gasteiger partial charge in [-0.25, -0.2) is 0 Å². The lowest BCUT2D eigenvalue weighted by atomic mass is 9.83. The van der Waals surface area contributed by atoms with Gasteiger partial charge in [-0.1, -0.05) is 47.5 Å². The number of nitrogens with zero attached hydrogens (tertiary/aromatic N) is 1. The van der Waals surface area contributed by atoms with Crippen LogP contribution in [0.5, 0.6) is 17.2 Å². The van der Waals surface area contributed by atoms with Gasteiger partial charge in [-0.3, -0.25) is 0 Å². The minimum atomic E-state index is -0.404. The summed E-state index contributed by atoms with van der Waals surface area (Å²) in [6, 6.07) is 19.5. The van der Waals surface area contributed by atoms with Crippen LogP contribution in [-0.4, -0.2) is 5.11 Å². The zero-order chi connectivity index (χ0) is 21.3. The SMILES string of the molecule is N#CC1=C(N)Oc2cc(O)ccc2[C@@H]1c1ccc(OCc2ccc(Cl)cc2Cl)cc1. The first-order chi connectivity index (χ1) is 14.5. The second-order valence-corrected chi connectivity index (χ2v) is 7.58. The average molecular weight is 439 g/mol. The van der Waals surface area contributed by atoms with E-state index in [4.69, 9.17) is 38.4 Å². The number of rotatable bonds is 4. The number of aromatic hydroxyl groups is 1. The quantitative estimate of drug-likeness (QED) is 0.561. The first-order valence-corrected chi connectivity index (χ1v) is 9.79. The smallest absolute Gasteiger partial charge is 0.205 e. The molecular weight excluding hydrogens is 423 g/mol. The summed E-state index contributed by atoms with van der Waals surface area (Å²) in [5.74, 6) is 0.759. The lowest BCUT2D eigenvalue weighted by Gasteiger charge is -2.26. The number of nitrogens with two attached hydrogens (primary N) is 1. The van der Waals surface area contributed by atoms with Gasteiger partial charge >= 0.3 is 0 Å². The van der Waals surface area contributed by atoms with Crippen LogP contribution in [-0.2, 0) is 6.61 Å². The topological polar surface area (TPSA) is 88.5 Å². The molecule has 0 radical (unpaired) electrons. The molecule has 1 heterocycles. The minimum Gasteiger partial charge on any atom is -0.508 e. The molecule has 3 aromatic carbocycles. The van der Waals surface area contributed by atoms with E-state index < -0.39 is 5.92 Å². The summed E-state index contributed by atoms with van der Waals surface area (Å²) in [6.07, 6.45) is 0. The van der Waals surface area contributed by atoms with E-state index in [0.717, 1.165) is 16.7 Å². The van der Waals surface area contributed by atoms with Crippen LogP contribution in [0.25, 0.3) is 0 Å². The van der Waals surface area contributed by atoms with Gasteiger partial charge in [0.2, 0.25) is 5.88 Å². The van der Waals surface area contributed by atoms with E-state index in [0.29, 0.717) is 33.7 Å². The molecule has 1 aliphatic rings. The number of halogens is 2. The van der Waals surface area contributed by atoms with Crippen molar-refractivity contribution in [3.63, 3.8) is 0 Å². The number of hydrogen-bond donors (Lipinski definition) is 2. The molecule has 150 valence electrons. The van der Waals surface area contributed by atoms with E-state index in [1.165, 1.54) is 6.07 Å². The van der Waals surface area contributed by atoms with E-state index in [1.807, 2.05) is 30.3 Å². The molecule has 5 nitrogen and oxygen atoms in total. The Morgan fingerprint density at radius 3 is 2.53 bits per heavy atom. The van der Waals surface area contributed by atoms with Crippen LogP contribution >= 0.6 is 23.2 Å². The molecule has 30 heavy (non-hydrogen) atoms. The molecule has 0 amide bonds. The minimum absolute atomic E-state index is 0.0262. The number of allylic oxidation sites excluding steroid dienone is 1. The van der Waals surface area contributed by atoms with Crippen LogP contribution in [0.3, 0.4) is 0 Å². The van der Waals surface area contributed by atoms with Crippen LogP contribution in [0.1, 0.15) is 22.6 Å². The monoisotopic (exact) mass is 438 g/mol. The molecule has 4 rings (SSSR count). The number of benzene rings is 3. The fraction of sp³-hybridized carbons (Fsp3) is 0.0870. The third-order valence-electron chi connectivity index (χ3n) is 4.83. The first kappa shape index (κ1) is 20.0. The highest BCUT2D eigenvalue weighted by atomic mass is 35.5. The number of hydrogen-bond acceptors (Lipinski definition) is 5. The maximum absolute atomic E-state index is 9.74. The Kier molecular flexibility index (Phi) is 5.45. The van der Waals surface area contributed by atoms with Gasteiger partial charge in [0, 0.05) is 27.2 Å². The highest BCUT2D eigenvalue weighted by molar-refractivity contribution is 6.35. The molecule has 0 fully saturated rings. The van der Waals surface area contributed by atoms with E-state index >= 15 is 0 Å². The van der Waals surface area contributed by atoms with E-state index in [2.05, 4.69) is 6.07 Å². The number of nitriles is 1. The molecule has 1 atom stereocenters. The maximum atomic E-state index is 9.74. The fourth-order valence-electron chi connectivity index (χ4n) is 3.34. The molecule has 0 unspecified atom stereocenters. The van der Waals surface area contributed by atoms with Crippen LogP contribution < -0.4 is 15.2 Å². The summed E-state index contributed by atoms with van der Waals surface area (Å²) in [6.45, 7) is 0.297. The second-order valence-electron chi connectivity index (χ2n) is 6.74.